The van der Waals surface area contributed by atoms with Gasteiger partial charge in [-0.05, 0) is 31.3 Å². The van der Waals surface area contributed by atoms with E-state index < -0.39 is 0 Å². The molecule has 2 unspecified atom stereocenters. The van der Waals surface area contributed by atoms with Crippen LogP contribution in [0.5, 0.6) is 0 Å². The van der Waals surface area contributed by atoms with E-state index in [9.17, 15) is 9.59 Å². The van der Waals surface area contributed by atoms with Crippen molar-refractivity contribution < 1.29 is 9.59 Å². The Morgan fingerprint density at radius 2 is 2.05 bits per heavy atom. The van der Waals surface area contributed by atoms with Crippen molar-refractivity contribution in [1.82, 2.24) is 15.5 Å². The molecule has 0 aromatic carbocycles. The number of carbonyl (C=O) groups excluding carboxylic acids is 2. The lowest BCUT2D eigenvalue weighted by Gasteiger charge is -2.35. The van der Waals surface area contributed by atoms with E-state index in [1.54, 1.807) is 4.90 Å². The summed E-state index contributed by atoms with van der Waals surface area (Å²) in [5.74, 6) is 0.821. The van der Waals surface area contributed by atoms with Gasteiger partial charge in [0.1, 0.15) is 12.3 Å². The first kappa shape index (κ1) is 16.5. The summed E-state index contributed by atoms with van der Waals surface area (Å²) >= 11 is 0. The normalized spacial score (nSPS) is 21.6. The van der Waals surface area contributed by atoms with Crippen LogP contribution >= 0.6 is 0 Å². The molecule has 1 heterocycles. The summed E-state index contributed by atoms with van der Waals surface area (Å²) in [5, 5.41) is 6.29. The molecule has 0 aromatic rings. The molecular formula is C15H27N3O2. The Morgan fingerprint density at radius 1 is 1.40 bits per heavy atom. The van der Waals surface area contributed by atoms with Crippen molar-refractivity contribution in [2.75, 3.05) is 13.6 Å². The Kier molecular flexibility index (Phi) is 5.60. The zero-order valence-electron chi connectivity index (χ0n) is 13.2. The molecule has 114 valence electrons. The number of rotatable bonds is 5. The Bertz CT molecular complexity index is 385. The fourth-order valence-electron chi connectivity index (χ4n) is 2.48. The van der Waals surface area contributed by atoms with Gasteiger partial charge >= 0.3 is 0 Å². The minimum absolute atomic E-state index is 0.00157. The summed E-state index contributed by atoms with van der Waals surface area (Å²) in [6.07, 6.45) is 4.45. The summed E-state index contributed by atoms with van der Waals surface area (Å²) in [6.45, 7) is 8.65. The second-order valence-corrected chi connectivity index (χ2v) is 6.27. The van der Waals surface area contributed by atoms with Gasteiger partial charge in [-0.1, -0.05) is 20.8 Å². The quantitative estimate of drug-likeness (QED) is 0.745. The van der Waals surface area contributed by atoms with Crippen molar-refractivity contribution in [2.24, 2.45) is 5.41 Å². The Morgan fingerprint density at radius 3 is 2.50 bits per heavy atom. The smallest absolute Gasteiger partial charge is 0.246 e. The number of nitrogens with zero attached hydrogens (tertiary/aromatic N) is 1. The summed E-state index contributed by atoms with van der Waals surface area (Å²) in [4.78, 5) is 25.6. The van der Waals surface area contributed by atoms with Gasteiger partial charge in [0.05, 0.1) is 11.9 Å². The molecule has 1 aliphatic rings. The van der Waals surface area contributed by atoms with Crippen LogP contribution in [0.15, 0.2) is 11.9 Å². The standard InChI is InChI=1S/C15H27N3O2/c1-6-12(16-5)17-13(15(2,3)4)14(20)18-9-7-8-11(18)10-19/h6,10-11,13,16-17H,7-9H2,1-5H3/b12-6-. The van der Waals surface area contributed by atoms with Gasteiger partial charge in [0, 0.05) is 13.6 Å². The van der Waals surface area contributed by atoms with Crippen molar-refractivity contribution in [3.63, 3.8) is 0 Å². The van der Waals surface area contributed by atoms with E-state index in [0.29, 0.717) is 6.54 Å². The van der Waals surface area contributed by atoms with Crippen LogP contribution in [0.25, 0.3) is 0 Å². The van der Waals surface area contributed by atoms with Gasteiger partial charge < -0.3 is 20.3 Å². The molecule has 5 heteroatoms. The van der Waals surface area contributed by atoms with Gasteiger partial charge in [-0.15, -0.1) is 0 Å². The molecule has 20 heavy (non-hydrogen) atoms. The number of amides is 1. The highest BCUT2D eigenvalue weighted by Gasteiger charge is 2.38. The molecule has 0 bridgehead atoms. The lowest BCUT2D eigenvalue weighted by atomic mass is 9.85. The predicted octanol–water partition coefficient (Wildman–Crippen LogP) is 1.26. The third-order valence-corrected chi connectivity index (χ3v) is 3.71. The number of carbonyl (C=O) groups is 2. The third kappa shape index (κ3) is 3.74. The number of allylic oxidation sites excluding steroid dienone is 1. The van der Waals surface area contributed by atoms with Crippen LogP contribution in [-0.4, -0.2) is 42.8 Å². The predicted molar refractivity (Wildman–Crippen MR) is 80.0 cm³/mol. The lowest BCUT2D eigenvalue weighted by Crippen LogP contribution is -2.55. The van der Waals surface area contributed by atoms with Crippen LogP contribution in [0.4, 0.5) is 0 Å². The summed E-state index contributed by atoms with van der Waals surface area (Å²) in [6, 6.07) is -0.625. The topological polar surface area (TPSA) is 61.4 Å². The maximum Gasteiger partial charge on any atom is 0.246 e. The minimum Gasteiger partial charge on any atom is -0.375 e. The molecule has 0 radical (unpaired) electrons. The molecule has 0 aliphatic carbocycles. The van der Waals surface area contributed by atoms with Gasteiger partial charge in [0.25, 0.3) is 0 Å². The van der Waals surface area contributed by atoms with Gasteiger partial charge in [-0.2, -0.15) is 0 Å². The van der Waals surface area contributed by atoms with Crippen LogP contribution in [0.3, 0.4) is 0 Å². The average molecular weight is 281 g/mol. The lowest BCUT2D eigenvalue weighted by molar-refractivity contribution is -0.138. The summed E-state index contributed by atoms with van der Waals surface area (Å²) in [5.41, 5.74) is -0.238. The minimum atomic E-state index is -0.360. The van der Waals surface area contributed by atoms with Crippen molar-refractivity contribution in [3.05, 3.63) is 11.9 Å². The fraction of sp³-hybridized carbons (Fsp3) is 0.733. The van der Waals surface area contributed by atoms with Crippen LogP contribution in [0.2, 0.25) is 0 Å². The molecule has 2 N–H and O–H groups in total. The van der Waals surface area contributed by atoms with Crippen molar-refractivity contribution in [1.29, 1.82) is 0 Å². The van der Waals surface area contributed by atoms with Gasteiger partial charge in [-0.25, -0.2) is 0 Å². The second-order valence-electron chi connectivity index (χ2n) is 6.27. The first-order chi connectivity index (χ1) is 9.35. The second kappa shape index (κ2) is 6.77. The molecule has 0 aromatic heterocycles. The van der Waals surface area contributed by atoms with E-state index in [2.05, 4.69) is 10.6 Å². The van der Waals surface area contributed by atoms with E-state index in [-0.39, 0.29) is 23.4 Å². The summed E-state index contributed by atoms with van der Waals surface area (Å²) in [7, 11) is 1.82. The maximum absolute atomic E-state index is 12.8. The molecule has 2 atom stereocenters. The van der Waals surface area contributed by atoms with E-state index in [0.717, 1.165) is 24.9 Å². The van der Waals surface area contributed by atoms with Crippen molar-refractivity contribution in [3.8, 4) is 0 Å². The Balaban J connectivity index is 2.93. The molecule has 0 saturated carbocycles. The maximum atomic E-state index is 12.8. The number of likely N-dealkylation sites (tertiary alicyclic amines) is 1. The average Bonchev–Trinajstić information content (AvgIpc) is 2.86. The molecular weight excluding hydrogens is 254 g/mol. The van der Waals surface area contributed by atoms with E-state index in [1.807, 2.05) is 40.8 Å². The molecule has 1 amide bonds. The highest BCUT2D eigenvalue weighted by molar-refractivity contribution is 5.86. The SMILES string of the molecule is C/C=C(/NC)NC(C(=O)N1CCCC1C=O)C(C)(C)C. The van der Waals surface area contributed by atoms with Crippen molar-refractivity contribution >= 4 is 12.2 Å². The monoisotopic (exact) mass is 281 g/mol. The zero-order chi connectivity index (χ0) is 15.3. The molecule has 1 rings (SSSR count). The summed E-state index contributed by atoms with van der Waals surface area (Å²) < 4.78 is 0. The van der Waals surface area contributed by atoms with Crippen LogP contribution in [0, 0.1) is 5.41 Å². The Labute approximate surface area is 121 Å². The highest BCUT2D eigenvalue weighted by Crippen LogP contribution is 2.25. The van der Waals surface area contributed by atoms with Crippen LogP contribution < -0.4 is 10.6 Å². The first-order valence-electron chi connectivity index (χ1n) is 7.21. The largest absolute Gasteiger partial charge is 0.375 e. The number of hydrogen-bond donors (Lipinski definition) is 2. The Hall–Kier alpha value is -1.52. The number of aldehydes is 1. The first-order valence-corrected chi connectivity index (χ1v) is 7.21. The van der Waals surface area contributed by atoms with Crippen LogP contribution in [-0.2, 0) is 9.59 Å². The van der Waals surface area contributed by atoms with Gasteiger partial charge in [0.2, 0.25) is 5.91 Å². The molecule has 0 spiro atoms. The third-order valence-electron chi connectivity index (χ3n) is 3.71. The zero-order valence-corrected chi connectivity index (χ0v) is 13.2. The fourth-order valence-corrected chi connectivity index (χ4v) is 2.48. The van der Waals surface area contributed by atoms with Crippen molar-refractivity contribution in [2.45, 2.75) is 52.6 Å². The molecule has 1 aliphatic heterocycles. The number of nitrogens with one attached hydrogen (secondary N) is 2. The molecule has 1 saturated heterocycles. The van der Waals surface area contributed by atoms with E-state index in [1.165, 1.54) is 0 Å². The number of hydrogen-bond acceptors (Lipinski definition) is 4. The van der Waals surface area contributed by atoms with Gasteiger partial charge in [0.15, 0.2) is 0 Å². The van der Waals surface area contributed by atoms with Gasteiger partial charge in [-0.3, -0.25) is 4.79 Å². The molecule has 5 nitrogen and oxygen atoms in total. The molecule has 1 fully saturated rings. The van der Waals surface area contributed by atoms with Crippen LogP contribution in [0.1, 0.15) is 40.5 Å². The highest BCUT2D eigenvalue weighted by atomic mass is 16.2. The van der Waals surface area contributed by atoms with E-state index in [4.69, 9.17) is 0 Å². The van der Waals surface area contributed by atoms with E-state index >= 15 is 0 Å².